The molecular formula is C10H15N3O3. The van der Waals surface area contributed by atoms with Crippen LogP contribution in [0.25, 0.3) is 0 Å². The quantitative estimate of drug-likeness (QED) is 0.727. The summed E-state index contributed by atoms with van der Waals surface area (Å²) in [6.45, 7) is 4.02. The van der Waals surface area contributed by atoms with Gasteiger partial charge in [0.2, 0.25) is 5.88 Å². The maximum Gasteiger partial charge on any atom is 0.254 e. The molecule has 1 fully saturated rings. The van der Waals surface area contributed by atoms with Crippen molar-refractivity contribution < 1.29 is 9.47 Å². The summed E-state index contributed by atoms with van der Waals surface area (Å²) >= 11 is 0. The van der Waals surface area contributed by atoms with Crippen LogP contribution in [0.4, 0.5) is 0 Å². The molecule has 2 unspecified atom stereocenters. The molecule has 0 radical (unpaired) electrons. The van der Waals surface area contributed by atoms with Gasteiger partial charge in [0.05, 0.1) is 18.5 Å². The van der Waals surface area contributed by atoms with Crippen LogP contribution in [0.5, 0.6) is 5.88 Å². The lowest BCUT2D eigenvalue weighted by Gasteiger charge is -2.28. The molecule has 0 aliphatic carbocycles. The third-order valence-electron chi connectivity index (χ3n) is 2.30. The number of aromatic amines is 1. The predicted molar refractivity (Wildman–Crippen MR) is 57.6 cm³/mol. The summed E-state index contributed by atoms with van der Waals surface area (Å²) in [6, 6.07) is 1.32. The number of nitrogens with zero attached hydrogens (tertiary/aromatic N) is 1. The lowest BCUT2D eigenvalue weighted by Crippen LogP contribution is -2.45. The molecule has 2 N–H and O–H groups in total. The number of nitrogens with one attached hydrogen (secondary N) is 2. The molecule has 0 aromatic carbocycles. The van der Waals surface area contributed by atoms with Crippen molar-refractivity contribution in [3.8, 4) is 5.88 Å². The topological polar surface area (TPSA) is 76.2 Å². The second-order valence-corrected chi connectivity index (χ2v) is 3.79. The van der Waals surface area contributed by atoms with E-state index in [1.165, 1.54) is 12.4 Å². The minimum absolute atomic E-state index is 0.00448. The van der Waals surface area contributed by atoms with Crippen molar-refractivity contribution in [1.82, 2.24) is 15.3 Å². The predicted octanol–water partition coefficient (Wildman–Crippen LogP) is -0.474. The van der Waals surface area contributed by atoms with Crippen molar-refractivity contribution >= 4 is 0 Å². The maximum atomic E-state index is 11.0. The first-order valence-electron chi connectivity index (χ1n) is 5.28. The number of morpholine rings is 1. The van der Waals surface area contributed by atoms with E-state index in [0.29, 0.717) is 12.5 Å². The highest BCUT2D eigenvalue weighted by molar-refractivity contribution is 5.04. The van der Waals surface area contributed by atoms with E-state index in [0.717, 1.165) is 13.1 Å². The molecular weight excluding hydrogens is 210 g/mol. The van der Waals surface area contributed by atoms with Gasteiger partial charge in [0.1, 0.15) is 12.7 Å². The van der Waals surface area contributed by atoms with Crippen molar-refractivity contribution in [3.05, 3.63) is 22.7 Å². The molecule has 2 rings (SSSR count). The van der Waals surface area contributed by atoms with Crippen molar-refractivity contribution in [2.45, 2.75) is 19.1 Å². The Labute approximate surface area is 93.0 Å². The Kier molecular flexibility index (Phi) is 3.53. The van der Waals surface area contributed by atoms with E-state index in [2.05, 4.69) is 15.3 Å². The number of H-pyrrole nitrogens is 1. The van der Waals surface area contributed by atoms with E-state index in [1.807, 2.05) is 6.92 Å². The Hall–Kier alpha value is -1.40. The van der Waals surface area contributed by atoms with Crippen molar-refractivity contribution in [2.75, 3.05) is 19.7 Å². The van der Waals surface area contributed by atoms with Gasteiger partial charge in [-0.3, -0.25) is 4.79 Å². The molecule has 2 heterocycles. The van der Waals surface area contributed by atoms with Crippen LogP contribution in [0, 0.1) is 0 Å². The molecule has 1 saturated heterocycles. The summed E-state index contributed by atoms with van der Waals surface area (Å²) in [7, 11) is 0. The minimum atomic E-state index is -0.221. The molecule has 1 aromatic heterocycles. The van der Waals surface area contributed by atoms with E-state index in [4.69, 9.17) is 9.47 Å². The SMILES string of the molecule is CC1CNCC(COc2cc(=O)[nH]cn2)O1. The molecule has 1 aliphatic rings. The zero-order chi connectivity index (χ0) is 11.4. The molecule has 0 spiro atoms. The van der Waals surface area contributed by atoms with Crippen LogP contribution in [-0.2, 0) is 4.74 Å². The summed E-state index contributed by atoms with van der Waals surface area (Å²) in [6.07, 6.45) is 1.51. The summed E-state index contributed by atoms with van der Waals surface area (Å²) in [4.78, 5) is 17.3. The molecule has 2 atom stereocenters. The highest BCUT2D eigenvalue weighted by Gasteiger charge is 2.19. The third kappa shape index (κ3) is 3.04. The molecule has 1 aromatic rings. The summed E-state index contributed by atoms with van der Waals surface area (Å²) in [5.74, 6) is 0.325. The molecule has 0 saturated carbocycles. The van der Waals surface area contributed by atoms with Crippen molar-refractivity contribution in [2.24, 2.45) is 0 Å². The first-order valence-corrected chi connectivity index (χ1v) is 5.28. The zero-order valence-corrected chi connectivity index (χ0v) is 9.10. The van der Waals surface area contributed by atoms with Gasteiger partial charge in [-0.1, -0.05) is 0 Å². The first-order chi connectivity index (χ1) is 7.74. The lowest BCUT2D eigenvalue weighted by atomic mass is 10.2. The van der Waals surface area contributed by atoms with Gasteiger partial charge in [0.25, 0.3) is 5.56 Å². The fraction of sp³-hybridized carbons (Fsp3) is 0.600. The Morgan fingerprint density at radius 3 is 3.25 bits per heavy atom. The fourth-order valence-electron chi connectivity index (χ4n) is 1.58. The van der Waals surface area contributed by atoms with E-state index >= 15 is 0 Å². The van der Waals surface area contributed by atoms with E-state index in [-0.39, 0.29) is 17.8 Å². The van der Waals surface area contributed by atoms with Crippen LogP contribution in [0.3, 0.4) is 0 Å². The molecule has 0 bridgehead atoms. The minimum Gasteiger partial charge on any atom is -0.475 e. The van der Waals surface area contributed by atoms with Crippen molar-refractivity contribution in [3.63, 3.8) is 0 Å². The van der Waals surface area contributed by atoms with Gasteiger partial charge in [0, 0.05) is 13.1 Å². The average Bonchev–Trinajstić information content (AvgIpc) is 2.27. The highest BCUT2D eigenvalue weighted by Crippen LogP contribution is 2.06. The average molecular weight is 225 g/mol. The largest absolute Gasteiger partial charge is 0.475 e. The smallest absolute Gasteiger partial charge is 0.254 e. The Morgan fingerprint density at radius 1 is 1.62 bits per heavy atom. The molecule has 6 nitrogen and oxygen atoms in total. The van der Waals surface area contributed by atoms with Gasteiger partial charge >= 0.3 is 0 Å². The number of ether oxygens (including phenoxy) is 2. The second-order valence-electron chi connectivity index (χ2n) is 3.79. The molecule has 0 amide bonds. The third-order valence-corrected chi connectivity index (χ3v) is 2.30. The first kappa shape index (κ1) is 11.1. The zero-order valence-electron chi connectivity index (χ0n) is 9.10. The van der Waals surface area contributed by atoms with Crippen LogP contribution in [0.2, 0.25) is 0 Å². The summed E-state index contributed by atoms with van der Waals surface area (Å²) < 4.78 is 11.0. The maximum absolute atomic E-state index is 11.0. The summed E-state index contributed by atoms with van der Waals surface area (Å²) in [5.41, 5.74) is -0.221. The van der Waals surface area contributed by atoms with Gasteiger partial charge in [0.15, 0.2) is 0 Å². The molecule has 16 heavy (non-hydrogen) atoms. The lowest BCUT2D eigenvalue weighted by molar-refractivity contribution is -0.0476. The van der Waals surface area contributed by atoms with E-state index in [9.17, 15) is 4.79 Å². The van der Waals surface area contributed by atoms with Crippen LogP contribution < -0.4 is 15.6 Å². The van der Waals surface area contributed by atoms with Crippen LogP contribution in [0.1, 0.15) is 6.92 Å². The number of hydrogen-bond donors (Lipinski definition) is 2. The normalized spacial score (nSPS) is 25.3. The van der Waals surface area contributed by atoms with Crippen LogP contribution in [-0.4, -0.2) is 41.9 Å². The van der Waals surface area contributed by atoms with Crippen LogP contribution >= 0.6 is 0 Å². The number of aromatic nitrogens is 2. The fourth-order valence-corrected chi connectivity index (χ4v) is 1.58. The Morgan fingerprint density at radius 2 is 2.50 bits per heavy atom. The monoisotopic (exact) mass is 225 g/mol. The molecule has 1 aliphatic heterocycles. The molecule has 6 heteroatoms. The van der Waals surface area contributed by atoms with Gasteiger partial charge in [-0.2, -0.15) is 0 Å². The Balaban J connectivity index is 1.85. The van der Waals surface area contributed by atoms with Gasteiger partial charge < -0.3 is 19.8 Å². The van der Waals surface area contributed by atoms with E-state index < -0.39 is 0 Å². The van der Waals surface area contributed by atoms with Crippen LogP contribution in [0.15, 0.2) is 17.2 Å². The van der Waals surface area contributed by atoms with Gasteiger partial charge in [-0.15, -0.1) is 0 Å². The molecule has 88 valence electrons. The highest BCUT2D eigenvalue weighted by atomic mass is 16.5. The Bertz CT molecular complexity index is 393. The van der Waals surface area contributed by atoms with Gasteiger partial charge in [-0.25, -0.2) is 4.98 Å². The van der Waals surface area contributed by atoms with Gasteiger partial charge in [-0.05, 0) is 6.92 Å². The standard InChI is InChI=1S/C10H15N3O3/c1-7-3-11-4-8(16-7)5-15-10-2-9(14)12-6-13-10/h2,6-8,11H,3-5H2,1H3,(H,12,13,14). The summed E-state index contributed by atoms with van der Waals surface area (Å²) in [5, 5.41) is 3.24. The van der Waals surface area contributed by atoms with E-state index in [1.54, 1.807) is 0 Å². The van der Waals surface area contributed by atoms with Crippen molar-refractivity contribution in [1.29, 1.82) is 0 Å². The second kappa shape index (κ2) is 5.09. The number of rotatable bonds is 3. The number of hydrogen-bond acceptors (Lipinski definition) is 5.